The highest BCUT2D eigenvalue weighted by molar-refractivity contribution is 5.98. The minimum atomic E-state index is -1.47. The minimum Gasteiger partial charge on any atom is -0.493 e. The van der Waals surface area contributed by atoms with E-state index in [0.29, 0.717) is 22.6 Å². The fraction of sp³-hybridized carbons (Fsp3) is 0.490. The highest BCUT2D eigenvalue weighted by Crippen LogP contribution is 2.28. The number of methoxy groups -OCH3 is 2. The first-order chi connectivity index (χ1) is 37.2. The number of benzene rings is 2. The summed E-state index contributed by atoms with van der Waals surface area (Å²) in [6.07, 6.45) is 1.63. The van der Waals surface area contributed by atoms with Crippen LogP contribution in [0.3, 0.4) is 0 Å². The third-order valence-electron chi connectivity index (χ3n) is 12.6. The lowest BCUT2D eigenvalue weighted by atomic mass is 10.0. The van der Waals surface area contributed by atoms with Crippen LogP contribution in [0.25, 0.3) is 10.9 Å². The molecule has 2 heterocycles. The van der Waals surface area contributed by atoms with Gasteiger partial charge in [0.05, 0.1) is 20.3 Å². The summed E-state index contributed by atoms with van der Waals surface area (Å²) in [7, 11) is 2.86. The summed E-state index contributed by atoms with van der Waals surface area (Å²) in [6, 6.07) is 3.24. The number of H-pyrrole nitrogens is 1. The highest BCUT2D eigenvalue weighted by atomic mass is 16.5. The van der Waals surface area contributed by atoms with Gasteiger partial charge >= 0.3 is 0 Å². The molecule has 0 saturated carbocycles. The topological polar surface area (TPSA) is 448 Å². The molecular weight excluding hydrogens is 1010 g/mol. The molecule has 21 N–H and O–H groups in total. The van der Waals surface area contributed by atoms with Crippen LogP contribution in [0, 0.1) is 0 Å². The number of aromatic amines is 1. The van der Waals surface area contributed by atoms with Gasteiger partial charge in [0.15, 0.2) is 23.4 Å². The number of nitrogens with two attached hydrogens (primary N) is 6. The largest absolute Gasteiger partial charge is 0.493 e. The van der Waals surface area contributed by atoms with Gasteiger partial charge in [0.2, 0.25) is 47.3 Å². The fourth-order valence-corrected chi connectivity index (χ4v) is 8.56. The van der Waals surface area contributed by atoms with Crippen molar-refractivity contribution in [3.05, 3.63) is 72.1 Å². The highest BCUT2D eigenvalue weighted by Gasteiger charge is 2.35. The molecule has 27 nitrogen and oxygen atoms in total. The Morgan fingerprint density at radius 1 is 0.744 bits per heavy atom. The summed E-state index contributed by atoms with van der Waals surface area (Å²) in [6.45, 7) is 5.21. The van der Waals surface area contributed by atoms with Crippen LogP contribution in [0.4, 0.5) is 0 Å². The van der Waals surface area contributed by atoms with Gasteiger partial charge in [-0.25, -0.2) is 0 Å². The maximum Gasteiger partial charge on any atom is 0.243 e. The molecule has 0 spiro atoms. The van der Waals surface area contributed by atoms with Crippen molar-refractivity contribution in [3.8, 4) is 11.5 Å². The first-order valence-corrected chi connectivity index (χ1v) is 25.6. The number of nitrogens with one attached hydrogen (secondary N) is 9. The van der Waals surface area contributed by atoms with Crippen LogP contribution in [-0.4, -0.2) is 147 Å². The van der Waals surface area contributed by atoms with Crippen LogP contribution >= 0.6 is 0 Å². The second kappa shape index (κ2) is 31.4. The third kappa shape index (κ3) is 20.2. The zero-order valence-corrected chi connectivity index (χ0v) is 44.4. The first-order valence-electron chi connectivity index (χ1n) is 25.6. The number of ether oxygens (including phenoxy) is 2. The maximum atomic E-state index is 14.8. The molecule has 8 amide bonds. The van der Waals surface area contributed by atoms with Crippen LogP contribution in [0.5, 0.6) is 11.5 Å². The van der Waals surface area contributed by atoms with Gasteiger partial charge in [0.1, 0.15) is 36.3 Å². The van der Waals surface area contributed by atoms with Gasteiger partial charge in [-0.2, -0.15) is 0 Å². The van der Waals surface area contributed by atoms with E-state index in [1.54, 1.807) is 24.4 Å². The van der Waals surface area contributed by atoms with Crippen molar-refractivity contribution < 1.29 is 47.8 Å². The molecule has 4 rings (SSSR count). The van der Waals surface area contributed by atoms with Crippen molar-refractivity contribution in [2.45, 2.75) is 120 Å². The summed E-state index contributed by atoms with van der Waals surface area (Å²) >= 11 is 0. The number of carbonyl (C=O) groups excluding carboxylic acids is 8. The van der Waals surface area contributed by atoms with E-state index in [4.69, 9.17) is 43.9 Å². The lowest BCUT2D eigenvalue weighted by Crippen LogP contribution is -2.60. The standard InChI is InChI=1S/C51H77N17O10/c1-28(53)33-12-7-21-58-43(70)18-16-37(65-44(71)35(62-29(2)69)13-8-22-59-50(54)55)46(73)66-38(19-20-52)47(74)67-39(24-30-15-17-41(77-3)42(25-30)78-4)48(75)64-36(14-9-23-60-51(56)57)45(72)68-40(49(76)63-33)26-31-27-61-34-11-6-5-10-32(31)34/h5-6,10-11,15,17,25,27,33,35-40,61H,1,7-9,12-14,16,18-24,26,52-53H2,2-4H3,(H,58,70)(H,62,69)(H,63,76)(H,64,75)(H,65,71)(H,66,73)(H,67,74)(H,68,72)(H4,54,55,59)(H4,56,57,60)/t33-,35-,36-,37-,38-,39+,40-/m0/s1. The molecule has 27 heteroatoms. The van der Waals surface area contributed by atoms with Crippen LogP contribution in [-0.2, 0) is 51.2 Å². The lowest BCUT2D eigenvalue weighted by Gasteiger charge is -2.28. The van der Waals surface area contributed by atoms with Gasteiger partial charge in [-0.15, -0.1) is 0 Å². The molecule has 78 heavy (non-hydrogen) atoms. The summed E-state index contributed by atoms with van der Waals surface area (Å²) < 4.78 is 10.9. The van der Waals surface area contributed by atoms with Crippen molar-refractivity contribution >= 4 is 70.1 Å². The number of hydrogen-bond donors (Lipinski definition) is 15. The molecular formula is C51H77N17O10. The minimum absolute atomic E-state index is 0.0168. The van der Waals surface area contributed by atoms with E-state index >= 15 is 0 Å². The number of rotatable bonds is 20. The number of aromatic nitrogens is 1. The molecule has 1 saturated heterocycles. The van der Waals surface area contributed by atoms with Gasteiger partial charge in [-0.05, 0) is 87.2 Å². The van der Waals surface area contributed by atoms with E-state index in [9.17, 15) is 38.4 Å². The van der Waals surface area contributed by atoms with Crippen LogP contribution in [0.2, 0.25) is 0 Å². The number of guanidine groups is 2. The van der Waals surface area contributed by atoms with E-state index in [2.05, 4.69) is 64.1 Å². The van der Waals surface area contributed by atoms with E-state index < -0.39 is 89.6 Å². The Hall–Kier alpha value is -8.62. The first kappa shape index (κ1) is 61.9. The molecule has 2 aromatic carbocycles. The molecule has 1 aromatic heterocycles. The van der Waals surface area contributed by atoms with Gasteiger partial charge in [0, 0.05) is 68.6 Å². The third-order valence-corrected chi connectivity index (χ3v) is 12.6. The van der Waals surface area contributed by atoms with Crippen LogP contribution in [0.1, 0.15) is 75.8 Å². The summed E-state index contributed by atoms with van der Waals surface area (Å²) in [5, 5.41) is 22.6. The van der Waals surface area contributed by atoms with E-state index in [1.165, 1.54) is 21.1 Å². The van der Waals surface area contributed by atoms with Crippen molar-refractivity contribution in [1.29, 1.82) is 0 Å². The number of carbonyl (C=O) groups is 8. The molecule has 0 radical (unpaired) electrons. The Morgan fingerprint density at radius 3 is 1.99 bits per heavy atom. The summed E-state index contributed by atoms with van der Waals surface area (Å²) in [5.41, 5.74) is 36.4. The fourth-order valence-electron chi connectivity index (χ4n) is 8.56. The predicted octanol–water partition coefficient (Wildman–Crippen LogP) is -3.00. The summed E-state index contributed by atoms with van der Waals surface area (Å²) in [4.78, 5) is 123. The quantitative estimate of drug-likeness (QED) is 0.0305. The van der Waals surface area contributed by atoms with Crippen molar-refractivity contribution in [2.24, 2.45) is 44.4 Å². The van der Waals surface area contributed by atoms with Gasteiger partial charge in [-0.3, -0.25) is 48.3 Å². The Morgan fingerprint density at radius 2 is 1.35 bits per heavy atom. The second-order valence-corrected chi connectivity index (χ2v) is 18.7. The smallest absolute Gasteiger partial charge is 0.243 e. The zero-order valence-electron chi connectivity index (χ0n) is 44.4. The summed E-state index contributed by atoms with van der Waals surface area (Å²) in [5.74, 6) is -5.59. The molecule has 1 aliphatic rings. The number of nitrogens with zero attached hydrogens (tertiary/aromatic N) is 2. The van der Waals surface area contributed by atoms with Crippen molar-refractivity contribution in [2.75, 3.05) is 40.4 Å². The molecule has 0 unspecified atom stereocenters. The molecule has 1 fully saturated rings. The Labute approximate surface area is 452 Å². The average Bonchev–Trinajstić information content (AvgIpc) is 3.81. The SMILES string of the molecule is C=C(N)[C@@H]1CCCNC(=O)CC[C@H](NC(=O)[C@H](CCCN=C(N)N)NC(C)=O)C(=O)N[C@@H](CCN)C(=O)N[C@H](Cc2ccc(OC)c(OC)c2)C(=O)N[C@@H](CCCN=C(N)N)C(=O)N[C@@H](Cc2c[nH]c3ccccc23)C(=O)N1. The Bertz CT molecular complexity index is 2630. The zero-order chi connectivity index (χ0) is 57.3. The number of fused-ring (bicyclic) bond motifs is 1. The molecule has 3 aromatic rings. The maximum absolute atomic E-state index is 14.8. The normalized spacial score (nSPS) is 20.7. The average molecular weight is 1090 g/mol. The number of para-hydroxylation sites is 1. The van der Waals surface area contributed by atoms with Crippen LogP contribution < -0.4 is 86.4 Å². The molecule has 0 bridgehead atoms. The second-order valence-electron chi connectivity index (χ2n) is 18.7. The number of amides is 8. The molecule has 7 atom stereocenters. The monoisotopic (exact) mass is 1090 g/mol. The van der Waals surface area contributed by atoms with Gasteiger partial charge in [0.25, 0.3) is 0 Å². The van der Waals surface area contributed by atoms with E-state index in [-0.39, 0.29) is 114 Å². The Kier molecular flexibility index (Phi) is 25.0. The van der Waals surface area contributed by atoms with Gasteiger partial charge < -0.3 is 91.4 Å². The van der Waals surface area contributed by atoms with E-state index in [0.717, 1.165) is 10.9 Å². The van der Waals surface area contributed by atoms with Crippen LogP contribution in [0.15, 0.2) is 70.9 Å². The van der Waals surface area contributed by atoms with Crippen molar-refractivity contribution in [1.82, 2.24) is 47.5 Å². The number of aliphatic imine (C=N–C) groups is 2. The Balaban J connectivity index is 1.81. The van der Waals surface area contributed by atoms with E-state index in [1.807, 2.05) is 24.3 Å². The predicted molar refractivity (Wildman–Crippen MR) is 293 cm³/mol. The molecule has 1 aliphatic heterocycles. The lowest BCUT2D eigenvalue weighted by molar-refractivity contribution is -0.135. The molecule has 426 valence electrons. The number of hydrogen-bond acceptors (Lipinski definition) is 14. The van der Waals surface area contributed by atoms with Crippen molar-refractivity contribution in [3.63, 3.8) is 0 Å². The van der Waals surface area contributed by atoms with Gasteiger partial charge in [-0.1, -0.05) is 30.8 Å². The molecule has 0 aliphatic carbocycles.